The fraction of sp³-hybridized carbons (Fsp3) is 0.360. The summed E-state index contributed by atoms with van der Waals surface area (Å²) in [5, 5.41) is 6.67. The van der Waals surface area contributed by atoms with Crippen LogP contribution < -0.4 is 10.6 Å². The lowest BCUT2D eigenvalue weighted by molar-refractivity contribution is 0.139. The topological polar surface area (TPSA) is 53.1 Å². The summed E-state index contributed by atoms with van der Waals surface area (Å²) in [6.45, 7) is 7.89. The van der Waals surface area contributed by atoms with E-state index in [-0.39, 0.29) is 0 Å². The summed E-state index contributed by atoms with van der Waals surface area (Å²) in [5.41, 5.74) is 3.72. The van der Waals surface area contributed by atoms with Crippen LogP contribution in [0, 0.1) is 11.6 Å². The third-order valence-corrected chi connectivity index (χ3v) is 5.78. The second kappa shape index (κ2) is 10.1. The van der Waals surface area contributed by atoms with Gasteiger partial charge in [-0.25, -0.2) is 18.7 Å². The zero-order chi connectivity index (χ0) is 22.5. The van der Waals surface area contributed by atoms with Crippen molar-refractivity contribution in [3.8, 4) is 11.3 Å². The van der Waals surface area contributed by atoms with E-state index in [1.165, 1.54) is 17.7 Å². The van der Waals surface area contributed by atoms with Crippen molar-refractivity contribution in [1.82, 2.24) is 20.2 Å². The van der Waals surface area contributed by atoms with Crippen molar-refractivity contribution in [1.29, 1.82) is 0 Å². The molecule has 2 N–H and O–H groups in total. The standard InChI is InChI=1S/C25H29F2N5/c1-17-15-32(18(2)14-30-17)16-20-4-3-5-21(10-20)24-7-9-29-25(31-24)28-8-6-19-11-22(26)13-23(27)12-19/h3-5,7,9-13,17-18,30H,6,8,14-16H2,1-2H3,(H,28,29,31)/t17-,18+/m0/s1. The Bertz CT molecular complexity index is 1040. The van der Waals surface area contributed by atoms with Crippen LogP contribution in [-0.4, -0.2) is 46.6 Å². The molecule has 0 aliphatic carbocycles. The van der Waals surface area contributed by atoms with E-state index in [0.717, 1.165) is 37.0 Å². The molecule has 7 heteroatoms. The van der Waals surface area contributed by atoms with Gasteiger partial charge in [0.1, 0.15) is 11.6 Å². The van der Waals surface area contributed by atoms with Gasteiger partial charge in [-0.15, -0.1) is 0 Å². The predicted molar refractivity (Wildman–Crippen MR) is 123 cm³/mol. The van der Waals surface area contributed by atoms with Gasteiger partial charge in [0.15, 0.2) is 0 Å². The van der Waals surface area contributed by atoms with Gasteiger partial charge in [-0.3, -0.25) is 4.90 Å². The Morgan fingerprint density at radius 2 is 1.88 bits per heavy atom. The van der Waals surface area contributed by atoms with Crippen molar-refractivity contribution >= 4 is 5.95 Å². The fourth-order valence-electron chi connectivity index (χ4n) is 4.06. The largest absolute Gasteiger partial charge is 0.354 e. The van der Waals surface area contributed by atoms with Crippen molar-refractivity contribution in [2.75, 3.05) is 25.0 Å². The molecule has 2 heterocycles. The van der Waals surface area contributed by atoms with Crippen molar-refractivity contribution in [3.05, 3.63) is 77.5 Å². The van der Waals surface area contributed by atoms with Crippen LogP contribution in [0.4, 0.5) is 14.7 Å². The fourth-order valence-corrected chi connectivity index (χ4v) is 4.06. The van der Waals surface area contributed by atoms with Gasteiger partial charge in [0, 0.05) is 56.1 Å². The second-order valence-corrected chi connectivity index (χ2v) is 8.51. The lowest BCUT2D eigenvalue weighted by Crippen LogP contribution is -2.53. The molecular weight excluding hydrogens is 408 g/mol. The zero-order valence-corrected chi connectivity index (χ0v) is 18.5. The highest BCUT2D eigenvalue weighted by molar-refractivity contribution is 5.61. The maximum atomic E-state index is 13.3. The van der Waals surface area contributed by atoms with Crippen molar-refractivity contribution in [2.24, 2.45) is 0 Å². The lowest BCUT2D eigenvalue weighted by Gasteiger charge is -2.37. The Morgan fingerprint density at radius 1 is 1.06 bits per heavy atom. The van der Waals surface area contributed by atoms with E-state index < -0.39 is 11.6 Å². The molecule has 2 aromatic carbocycles. The average Bonchev–Trinajstić information content (AvgIpc) is 2.76. The molecule has 0 saturated carbocycles. The quantitative estimate of drug-likeness (QED) is 0.579. The number of hydrogen-bond donors (Lipinski definition) is 2. The van der Waals surface area contributed by atoms with E-state index in [1.807, 2.05) is 6.07 Å². The van der Waals surface area contributed by atoms with Crippen LogP contribution in [0.25, 0.3) is 11.3 Å². The molecule has 2 atom stereocenters. The highest BCUT2D eigenvalue weighted by Gasteiger charge is 2.22. The third-order valence-electron chi connectivity index (χ3n) is 5.78. The molecular formula is C25H29F2N5. The van der Waals surface area contributed by atoms with Gasteiger partial charge >= 0.3 is 0 Å². The Morgan fingerprint density at radius 3 is 2.69 bits per heavy atom. The van der Waals surface area contributed by atoms with E-state index in [0.29, 0.717) is 36.6 Å². The number of hydrogen-bond acceptors (Lipinski definition) is 5. The minimum absolute atomic E-state index is 0.471. The molecule has 0 amide bonds. The molecule has 32 heavy (non-hydrogen) atoms. The zero-order valence-electron chi connectivity index (χ0n) is 18.5. The van der Waals surface area contributed by atoms with Gasteiger partial charge in [0.2, 0.25) is 5.95 Å². The SMILES string of the molecule is C[C@@H]1CN[C@@H](C)CN1Cc1cccc(-c2ccnc(NCCc3cc(F)cc(F)c3)n2)c1. The Hall–Kier alpha value is -2.90. The molecule has 3 aromatic rings. The molecule has 4 rings (SSSR count). The van der Waals surface area contributed by atoms with E-state index in [1.54, 1.807) is 6.20 Å². The van der Waals surface area contributed by atoms with E-state index >= 15 is 0 Å². The lowest BCUT2D eigenvalue weighted by atomic mass is 10.1. The number of halogens is 2. The second-order valence-electron chi connectivity index (χ2n) is 8.51. The van der Waals surface area contributed by atoms with Gasteiger partial charge in [-0.05, 0) is 55.7 Å². The van der Waals surface area contributed by atoms with Crippen molar-refractivity contribution < 1.29 is 8.78 Å². The van der Waals surface area contributed by atoms with Crippen LogP contribution >= 0.6 is 0 Å². The van der Waals surface area contributed by atoms with Gasteiger partial charge in [-0.1, -0.05) is 18.2 Å². The summed E-state index contributed by atoms with van der Waals surface area (Å²) in [6, 6.07) is 14.9. The maximum absolute atomic E-state index is 13.3. The van der Waals surface area contributed by atoms with Gasteiger partial charge in [0.05, 0.1) is 5.69 Å². The Kier molecular flexibility index (Phi) is 7.07. The van der Waals surface area contributed by atoms with Crippen molar-refractivity contribution in [3.63, 3.8) is 0 Å². The first-order valence-electron chi connectivity index (χ1n) is 11.0. The molecule has 1 aliphatic heterocycles. The first-order valence-corrected chi connectivity index (χ1v) is 11.0. The first kappa shape index (κ1) is 22.3. The summed E-state index contributed by atoms with van der Waals surface area (Å²) in [6.07, 6.45) is 2.19. The molecule has 0 unspecified atom stereocenters. The number of benzene rings is 2. The number of anilines is 1. The average molecular weight is 438 g/mol. The molecule has 1 saturated heterocycles. The van der Waals surface area contributed by atoms with Crippen LogP contribution in [0.1, 0.15) is 25.0 Å². The minimum Gasteiger partial charge on any atom is -0.354 e. The highest BCUT2D eigenvalue weighted by Crippen LogP contribution is 2.21. The maximum Gasteiger partial charge on any atom is 0.223 e. The van der Waals surface area contributed by atoms with Crippen LogP contribution in [0.3, 0.4) is 0 Å². The van der Waals surface area contributed by atoms with Crippen LogP contribution in [0.2, 0.25) is 0 Å². The molecule has 1 aromatic heterocycles. The smallest absolute Gasteiger partial charge is 0.223 e. The molecule has 168 valence electrons. The van der Waals surface area contributed by atoms with E-state index in [9.17, 15) is 8.78 Å². The molecule has 5 nitrogen and oxygen atoms in total. The monoisotopic (exact) mass is 437 g/mol. The van der Waals surface area contributed by atoms with E-state index in [4.69, 9.17) is 0 Å². The van der Waals surface area contributed by atoms with Crippen LogP contribution in [0.15, 0.2) is 54.7 Å². The van der Waals surface area contributed by atoms with Gasteiger partial charge in [0.25, 0.3) is 0 Å². The predicted octanol–water partition coefficient (Wildman–Crippen LogP) is 4.26. The molecule has 0 spiro atoms. The number of rotatable bonds is 7. The minimum atomic E-state index is -0.567. The summed E-state index contributed by atoms with van der Waals surface area (Å²) in [4.78, 5) is 11.4. The summed E-state index contributed by atoms with van der Waals surface area (Å²) >= 11 is 0. The molecule has 1 fully saturated rings. The summed E-state index contributed by atoms with van der Waals surface area (Å²) < 4.78 is 26.7. The van der Waals surface area contributed by atoms with Crippen LogP contribution in [0.5, 0.6) is 0 Å². The number of nitrogens with one attached hydrogen (secondary N) is 2. The van der Waals surface area contributed by atoms with Crippen LogP contribution in [-0.2, 0) is 13.0 Å². The normalized spacial score (nSPS) is 19.1. The summed E-state index contributed by atoms with van der Waals surface area (Å²) in [7, 11) is 0. The Balaban J connectivity index is 1.41. The molecule has 0 bridgehead atoms. The summed E-state index contributed by atoms with van der Waals surface area (Å²) in [5.74, 6) is -0.639. The van der Waals surface area contributed by atoms with E-state index in [2.05, 4.69) is 63.6 Å². The van der Waals surface area contributed by atoms with Gasteiger partial charge in [-0.2, -0.15) is 0 Å². The van der Waals surface area contributed by atoms with Crippen molar-refractivity contribution in [2.45, 2.75) is 38.9 Å². The molecule has 0 radical (unpaired) electrons. The van der Waals surface area contributed by atoms with Gasteiger partial charge < -0.3 is 10.6 Å². The number of nitrogens with zero attached hydrogens (tertiary/aromatic N) is 3. The number of piperazine rings is 1. The Labute approximate surface area is 187 Å². The molecule has 1 aliphatic rings. The first-order chi connectivity index (χ1) is 15.5. The highest BCUT2D eigenvalue weighted by atomic mass is 19.1. The number of aromatic nitrogens is 2. The third kappa shape index (κ3) is 5.87.